The molecule has 2 aromatic rings. The van der Waals surface area contributed by atoms with Gasteiger partial charge in [-0.25, -0.2) is 4.79 Å². The second kappa shape index (κ2) is 7.52. The summed E-state index contributed by atoms with van der Waals surface area (Å²) in [6.45, 7) is 3.78. The Balaban J connectivity index is 2.32. The van der Waals surface area contributed by atoms with Crippen LogP contribution in [-0.2, 0) is 9.53 Å². The number of benzene rings is 1. The first kappa shape index (κ1) is 18.5. The number of pyridine rings is 1. The summed E-state index contributed by atoms with van der Waals surface area (Å²) in [4.78, 5) is 17.1. The van der Waals surface area contributed by atoms with Gasteiger partial charge in [0.05, 0.1) is 18.4 Å². The first-order valence-corrected chi connectivity index (χ1v) is 8.83. The van der Waals surface area contributed by atoms with E-state index in [1.165, 1.54) is 7.11 Å². The predicted octanol–water partition coefficient (Wildman–Crippen LogP) is 4.95. The van der Waals surface area contributed by atoms with E-state index < -0.39 is 11.9 Å². The summed E-state index contributed by atoms with van der Waals surface area (Å²) >= 11 is 13.0. The third kappa shape index (κ3) is 3.22. The number of allylic oxidation sites excluding steroid dienone is 3. The Morgan fingerprint density at radius 2 is 1.77 bits per heavy atom. The fourth-order valence-electron chi connectivity index (χ4n) is 3.31. The third-order valence-corrected chi connectivity index (χ3v) is 5.05. The molecular weight excluding hydrogens is 371 g/mol. The van der Waals surface area contributed by atoms with E-state index in [1.807, 2.05) is 32.0 Å². The molecule has 0 aliphatic carbocycles. The number of hydrogen-bond donors (Lipinski definition) is 1. The number of halogens is 2. The van der Waals surface area contributed by atoms with Crippen molar-refractivity contribution in [2.24, 2.45) is 0 Å². The lowest BCUT2D eigenvalue weighted by Crippen LogP contribution is -2.28. The van der Waals surface area contributed by atoms with Crippen LogP contribution in [0, 0.1) is 0 Å². The Hall–Kier alpha value is -2.30. The van der Waals surface area contributed by atoms with Crippen molar-refractivity contribution in [3.8, 4) is 0 Å². The molecule has 6 heteroatoms. The van der Waals surface area contributed by atoms with Crippen LogP contribution >= 0.6 is 23.2 Å². The molecule has 1 aliphatic rings. The topological polar surface area (TPSA) is 51.2 Å². The maximum Gasteiger partial charge on any atom is 0.336 e. The van der Waals surface area contributed by atoms with Gasteiger partial charge in [0.15, 0.2) is 0 Å². The first-order valence-electron chi connectivity index (χ1n) is 8.07. The molecule has 0 saturated carbocycles. The number of methoxy groups -OCH3 is 1. The standard InChI is InChI=1S/C20H18Cl2N2O2/c1-11-16(15-9-4-5-10-23-15)19(17(12(2)24-11)20(25)26-3)18-13(21)7-6-8-14(18)22/h4-10,19,24H,1-3H3. The zero-order valence-electron chi connectivity index (χ0n) is 14.6. The van der Waals surface area contributed by atoms with Crippen molar-refractivity contribution >= 4 is 34.7 Å². The van der Waals surface area contributed by atoms with Crippen molar-refractivity contribution < 1.29 is 9.53 Å². The highest BCUT2D eigenvalue weighted by atomic mass is 35.5. The Morgan fingerprint density at radius 3 is 2.35 bits per heavy atom. The molecule has 0 bridgehead atoms. The van der Waals surface area contributed by atoms with Gasteiger partial charge in [-0.2, -0.15) is 0 Å². The minimum Gasteiger partial charge on any atom is -0.466 e. The quantitative estimate of drug-likeness (QED) is 0.755. The van der Waals surface area contributed by atoms with Crippen LogP contribution in [0.2, 0.25) is 10.0 Å². The van der Waals surface area contributed by atoms with Crippen LogP contribution in [0.1, 0.15) is 31.0 Å². The van der Waals surface area contributed by atoms with Crippen molar-refractivity contribution in [1.29, 1.82) is 0 Å². The van der Waals surface area contributed by atoms with E-state index in [1.54, 1.807) is 24.4 Å². The predicted molar refractivity (Wildman–Crippen MR) is 104 cm³/mol. The smallest absolute Gasteiger partial charge is 0.336 e. The van der Waals surface area contributed by atoms with Gasteiger partial charge in [-0.3, -0.25) is 4.98 Å². The van der Waals surface area contributed by atoms with E-state index in [9.17, 15) is 4.79 Å². The minimum atomic E-state index is -0.486. The molecule has 0 radical (unpaired) electrons. The molecule has 1 unspecified atom stereocenters. The highest BCUT2D eigenvalue weighted by molar-refractivity contribution is 6.36. The molecule has 1 atom stereocenters. The number of hydrogen-bond acceptors (Lipinski definition) is 4. The van der Waals surface area contributed by atoms with Crippen molar-refractivity contribution in [2.45, 2.75) is 19.8 Å². The second-order valence-corrected chi connectivity index (χ2v) is 6.79. The summed E-state index contributed by atoms with van der Waals surface area (Å²) in [7, 11) is 1.36. The molecule has 0 saturated heterocycles. The zero-order valence-corrected chi connectivity index (χ0v) is 16.2. The number of ether oxygens (including phenoxy) is 1. The van der Waals surface area contributed by atoms with Crippen molar-refractivity contribution in [3.05, 3.63) is 80.9 Å². The maximum atomic E-state index is 12.6. The average Bonchev–Trinajstić information content (AvgIpc) is 2.61. The number of aromatic nitrogens is 1. The lowest BCUT2D eigenvalue weighted by molar-refractivity contribution is -0.136. The number of esters is 1. The van der Waals surface area contributed by atoms with Crippen LogP contribution in [0.4, 0.5) is 0 Å². The van der Waals surface area contributed by atoms with Gasteiger partial charge < -0.3 is 10.1 Å². The highest BCUT2D eigenvalue weighted by Crippen LogP contribution is 2.47. The molecule has 1 aliphatic heterocycles. The number of rotatable bonds is 3. The number of nitrogens with zero attached hydrogens (tertiary/aromatic N) is 1. The molecular formula is C20H18Cl2N2O2. The molecule has 3 rings (SSSR count). The monoisotopic (exact) mass is 388 g/mol. The van der Waals surface area contributed by atoms with Crippen LogP contribution in [0.15, 0.2) is 59.6 Å². The molecule has 1 aromatic carbocycles. The summed E-state index contributed by atoms with van der Waals surface area (Å²) in [5.41, 5.74) is 4.30. The highest BCUT2D eigenvalue weighted by Gasteiger charge is 2.37. The van der Waals surface area contributed by atoms with E-state index in [-0.39, 0.29) is 0 Å². The number of carbonyl (C=O) groups excluding carboxylic acids is 1. The van der Waals surface area contributed by atoms with Gasteiger partial charge in [0.2, 0.25) is 0 Å². The summed E-state index contributed by atoms with van der Waals surface area (Å²) in [6, 6.07) is 10.9. The number of dihydropyridines is 1. The average molecular weight is 389 g/mol. The summed E-state index contributed by atoms with van der Waals surface area (Å²) in [6.07, 6.45) is 1.71. The normalized spacial score (nSPS) is 17.2. The Labute approximate surface area is 162 Å². The van der Waals surface area contributed by atoms with E-state index in [0.29, 0.717) is 26.9 Å². The molecule has 1 N–H and O–H groups in total. The van der Waals surface area contributed by atoms with Gasteiger partial charge in [0.25, 0.3) is 0 Å². The van der Waals surface area contributed by atoms with Crippen molar-refractivity contribution in [3.63, 3.8) is 0 Å². The fourth-order valence-corrected chi connectivity index (χ4v) is 3.93. The van der Waals surface area contributed by atoms with Crippen molar-refractivity contribution in [1.82, 2.24) is 10.3 Å². The molecule has 134 valence electrons. The minimum absolute atomic E-state index is 0.433. The van der Waals surface area contributed by atoms with Gasteiger partial charge in [-0.1, -0.05) is 35.3 Å². The second-order valence-electron chi connectivity index (χ2n) is 5.98. The van der Waals surface area contributed by atoms with Crippen LogP contribution in [0.5, 0.6) is 0 Å². The molecule has 2 heterocycles. The van der Waals surface area contributed by atoms with Crippen LogP contribution in [0.25, 0.3) is 5.57 Å². The number of nitrogens with one attached hydrogen (secondary N) is 1. The van der Waals surface area contributed by atoms with Crippen LogP contribution in [-0.4, -0.2) is 18.1 Å². The van der Waals surface area contributed by atoms with E-state index in [2.05, 4.69) is 10.3 Å². The van der Waals surface area contributed by atoms with Crippen LogP contribution in [0.3, 0.4) is 0 Å². The molecule has 0 fully saturated rings. The van der Waals surface area contributed by atoms with Crippen molar-refractivity contribution in [2.75, 3.05) is 7.11 Å². The third-order valence-electron chi connectivity index (χ3n) is 4.39. The van der Waals surface area contributed by atoms with Gasteiger partial charge in [-0.05, 0) is 38.1 Å². The molecule has 1 aromatic heterocycles. The zero-order chi connectivity index (χ0) is 18.8. The molecule has 0 spiro atoms. The first-order chi connectivity index (χ1) is 12.5. The van der Waals surface area contributed by atoms with Crippen LogP contribution < -0.4 is 5.32 Å². The fraction of sp³-hybridized carbons (Fsp3) is 0.200. The molecule has 0 amide bonds. The SMILES string of the molecule is COC(=O)C1=C(C)NC(C)=C(c2ccccn2)C1c1c(Cl)cccc1Cl. The van der Waals surface area contributed by atoms with E-state index >= 15 is 0 Å². The lowest BCUT2D eigenvalue weighted by atomic mass is 9.79. The van der Waals surface area contributed by atoms with Gasteiger partial charge in [0.1, 0.15) is 0 Å². The molecule has 4 nitrogen and oxygen atoms in total. The Kier molecular flexibility index (Phi) is 5.35. The van der Waals surface area contributed by atoms with Gasteiger partial charge in [0, 0.05) is 44.7 Å². The number of carbonyl (C=O) groups is 1. The van der Waals surface area contributed by atoms with Gasteiger partial charge in [-0.15, -0.1) is 0 Å². The van der Waals surface area contributed by atoms with E-state index in [0.717, 1.165) is 17.0 Å². The largest absolute Gasteiger partial charge is 0.466 e. The lowest BCUT2D eigenvalue weighted by Gasteiger charge is -2.32. The summed E-state index contributed by atoms with van der Waals surface area (Å²) < 4.78 is 5.05. The summed E-state index contributed by atoms with van der Waals surface area (Å²) in [5.74, 6) is -0.920. The van der Waals surface area contributed by atoms with E-state index in [4.69, 9.17) is 27.9 Å². The van der Waals surface area contributed by atoms with Gasteiger partial charge >= 0.3 is 5.97 Å². The maximum absolute atomic E-state index is 12.6. The summed E-state index contributed by atoms with van der Waals surface area (Å²) in [5, 5.41) is 4.24. The Morgan fingerprint density at radius 1 is 1.08 bits per heavy atom. The molecule has 26 heavy (non-hydrogen) atoms. The Bertz CT molecular complexity index is 900.